The minimum Gasteiger partial charge on any atom is -0.410 e. The lowest BCUT2D eigenvalue weighted by Gasteiger charge is -1.95. The fraction of sp³-hybridized carbons (Fsp3) is 0.100. The number of hydrogen-bond acceptors (Lipinski definition) is 2. The second kappa shape index (κ2) is 3.35. The second-order valence-electron chi connectivity index (χ2n) is 3.14. The van der Waals surface area contributed by atoms with Gasteiger partial charge in [-0.25, -0.2) is 0 Å². The van der Waals surface area contributed by atoms with E-state index < -0.39 is 0 Å². The van der Waals surface area contributed by atoms with E-state index in [2.05, 4.69) is 10.1 Å². The van der Waals surface area contributed by atoms with E-state index in [0.717, 1.165) is 10.9 Å². The van der Waals surface area contributed by atoms with Crippen LogP contribution in [-0.2, 0) is 0 Å². The van der Waals surface area contributed by atoms with Gasteiger partial charge in [-0.3, -0.25) is 0 Å². The maximum atomic E-state index is 8.56. The number of aryl methyl sites for hydroxylation is 1. The fourth-order valence-electron chi connectivity index (χ4n) is 1.46. The van der Waals surface area contributed by atoms with Gasteiger partial charge in [-0.1, -0.05) is 28.9 Å². The molecule has 0 aliphatic rings. The summed E-state index contributed by atoms with van der Waals surface area (Å²) in [6.07, 6.45) is 1.73. The number of hydrogen-bond donors (Lipinski definition) is 2. The highest BCUT2D eigenvalue weighted by molar-refractivity contribution is 6.70. The number of oxime groups is 1. The molecule has 0 fully saturated rings. The number of H-pyrrole nitrogens is 1. The normalized spacial score (nSPS) is 12.3. The highest BCUT2D eigenvalue weighted by Crippen LogP contribution is 2.21. The summed E-state index contributed by atoms with van der Waals surface area (Å²) in [5, 5.41) is 12.6. The molecular weight excluding hydrogens is 200 g/mol. The van der Waals surface area contributed by atoms with Crippen molar-refractivity contribution in [2.24, 2.45) is 5.16 Å². The molecule has 0 aliphatic carbocycles. The van der Waals surface area contributed by atoms with Crippen LogP contribution in [0.4, 0.5) is 0 Å². The van der Waals surface area contributed by atoms with Gasteiger partial charge in [0.2, 0.25) is 0 Å². The summed E-state index contributed by atoms with van der Waals surface area (Å²) in [6.45, 7) is 2.02. The number of rotatable bonds is 1. The third kappa shape index (κ3) is 1.36. The predicted octanol–water partition coefficient (Wildman–Crippen LogP) is 2.85. The average molecular weight is 209 g/mol. The van der Waals surface area contributed by atoms with E-state index in [-0.39, 0.29) is 5.17 Å². The highest BCUT2D eigenvalue weighted by Gasteiger charge is 2.07. The summed E-state index contributed by atoms with van der Waals surface area (Å²) in [4.78, 5) is 3.07. The lowest BCUT2D eigenvalue weighted by atomic mass is 10.1. The molecule has 0 radical (unpaired) electrons. The van der Waals surface area contributed by atoms with Gasteiger partial charge in [0, 0.05) is 22.7 Å². The maximum Gasteiger partial charge on any atom is 0.177 e. The average Bonchev–Trinajstić information content (AvgIpc) is 2.59. The lowest BCUT2D eigenvalue weighted by molar-refractivity contribution is 0.321. The molecule has 0 saturated carbocycles. The van der Waals surface area contributed by atoms with Crippen molar-refractivity contribution in [2.45, 2.75) is 6.92 Å². The minimum absolute atomic E-state index is 0.0973. The molecule has 2 rings (SSSR count). The monoisotopic (exact) mass is 208 g/mol. The Hall–Kier alpha value is -1.48. The largest absolute Gasteiger partial charge is 0.410 e. The van der Waals surface area contributed by atoms with Crippen molar-refractivity contribution >= 4 is 27.7 Å². The summed E-state index contributed by atoms with van der Waals surface area (Å²) < 4.78 is 0. The molecule has 0 unspecified atom stereocenters. The molecule has 0 amide bonds. The van der Waals surface area contributed by atoms with Gasteiger partial charge in [0.25, 0.3) is 0 Å². The van der Waals surface area contributed by atoms with Gasteiger partial charge < -0.3 is 10.2 Å². The Labute approximate surface area is 86.0 Å². The molecule has 0 aliphatic heterocycles. The number of nitrogens with zero attached hydrogens (tertiary/aromatic N) is 1. The Balaban J connectivity index is 2.70. The van der Waals surface area contributed by atoms with Crippen molar-refractivity contribution in [2.75, 3.05) is 0 Å². The van der Waals surface area contributed by atoms with E-state index in [0.29, 0.717) is 5.56 Å². The van der Waals surface area contributed by atoms with Crippen LogP contribution in [0.2, 0.25) is 0 Å². The van der Waals surface area contributed by atoms with E-state index in [9.17, 15) is 0 Å². The first-order valence-corrected chi connectivity index (χ1v) is 4.56. The molecule has 0 spiro atoms. The summed E-state index contributed by atoms with van der Waals surface area (Å²) >= 11 is 5.73. The standard InChI is InChI=1S/C10H9ClN2O/c1-6-2-3-7-8(10(11)13-14)5-12-9(7)4-6/h2-5,12,14H,1H3/b13-10-. The number of fused-ring (bicyclic) bond motifs is 1. The Kier molecular flexibility index (Phi) is 2.17. The topological polar surface area (TPSA) is 48.4 Å². The van der Waals surface area contributed by atoms with Crippen molar-refractivity contribution < 1.29 is 5.21 Å². The molecule has 2 N–H and O–H groups in total. The van der Waals surface area contributed by atoms with E-state index in [4.69, 9.17) is 16.8 Å². The van der Waals surface area contributed by atoms with Gasteiger partial charge in [0.15, 0.2) is 5.17 Å². The SMILES string of the molecule is Cc1ccc2c(/C(Cl)=N/O)c[nH]c2c1. The second-order valence-corrected chi connectivity index (χ2v) is 3.50. The lowest BCUT2D eigenvalue weighted by Crippen LogP contribution is -1.88. The van der Waals surface area contributed by atoms with Crippen LogP contribution in [0.5, 0.6) is 0 Å². The number of benzene rings is 1. The number of aromatic nitrogens is 1. The Morgan fingerprint density at radius 3 is 3.00 bits per heavy atom. The molecule has 1 aromatic carbocycles. The van der Waals surface area contributed by atoms with Crippen LogP contribution in [0.3, 0.4) is 0 Å². The first-order chi connectivity index (χ1) is 6.72. The molecule has 72 valence electrons. The van der Waals surface area contributed by atoms with Crippen LogP contribution in [-0.4, -0.2) is 15.4 Å². The molecule has 1 aromatic heterocycles. The molecule has 1 heterocycles. The van der Waals surface area contributed by atoms with Crippen molar-refractivity contribution in [3.8, 4) is 0 Å². The molecular formula is C10H9ClN2O. The highest BCUT2D eigenvalue weighted by atomic mass is 35.5. The van der Waals surface area contributed by atoms with Crippen LogP contribution in [0.15, 0.2) is 29.6 Å². The Morgan fingerprint density at radius 2 is 2.29 bits per heavy atom. The van der Waals surface area contributed by atoms with E-state index in [1.165, 1.54) is 5.56 Å². The zero-order valence-electron chi connectivity index (χ0n) is 7.58. The van der Waals surface area contributed by atoms with E-state index in [1.807, 2.05) is 25.1 Å². The first-order valence-electron chi connectivity index (χ1n) is 4.18. The fourth-order valence-corrected chi connectivity index (χ4v) is 1.62. The number of aromatic amines is 1. The summed E-state index contributed by atoms with van der Waals surface area (Å²) in [7, 11) is 0. The van der Waals surface area contributed by atoms with E-state index in [1.54, 1.807) is 6.20 Å². The van der Waals surface area contributed by atoms with Gasteiger partial charge in [-0.2, -0.15) is 0 Å². The van der Waals surface area contributed by atoms with Gasteiger partial charge in [-0.05, 0) is 18.6 Å². The molecule has 14 heavy (non-hydrogen) atoms. The van der Waals surface area contributed by atoms with Crippen LogP contribution >= 0.6 is 11.6 Å². The number of nitrogens with one attached hydrogen (secondary N) is 1. The molecule has 0 bridgehead atoms. The van der Waals surface area contributed by atoms with Crippen LogP contribution in [0.25, 0.3) is 10.9 Å². The summed E-state index contributed by atoms with van der Waals surface area (Å²) in [5.74, 6) is 0. The minimum atomic E-state index is 0.0973. The quantitative estimate of drug-likeness (QED) is 0.423. The zero-order chi connectivity index (χ0) is 10.1. The van der Waals surface area contributed by atoms with Crippen LogP contribution in [0, 0.1) is 6.92 Å². The third-order valence-electron chi connectivity index (χ3n) is 2.15. The van der Waals surface area contributed by atoms with Gasteiger partial charge >= 0.3 is 0 Å². The molecule has 0 atom stereocenters. The number of halogens is 1. The smallest absolute Gasteiger partial charge is 0.177 e. The predicted molar refractivity (Wildman–Crippen MR) is 57.2 cm³/mol. The third-order valence-corrected chi connectivity index (χ3v) is 2.43. The van der Waals surface area contributed by atoms with Gasteiger partial charge in [0.1, 0.15) is 0 Å². The molecule has 3 nitrogen and oxygen atoms in total. The van der Waals surface area contributed by atoms with Crippen molar-refractivity contribution in [3.63, 3.8) is 0 Å². The summed E-state index contributed by atoms with van der Waals surface area (Å²) in [5.41, 5.74) is 2.87. The van der Waals surface area contributed by atoms with Crippen LogP contribution in [0.1, 0.15) is 11.1 Å². The van der Waals surface area contributed by atoms with E-state index >= 15 is 0 Å². The van der Waals surface area contributed by atoms with Crippen molar-refractivity contribution in [1.29, 1.82) is 0 Å². The molecule has 4 heteroatoms. The van der Waals surface area contributed by atoms with Crippen LogP contribution < -0.4 is 0 Å². The maximum absolute atomic E-state index is 8.56. The summed E-state index contributed by atoms with van der Waals surface area (Å²) in [6, 6.07) is 5.95. The first kappa shape index (κ1) is 9.09. The Morgan fingerprint density at radius 1 is 1.50 bits per heavy atom. The van der Waals surface area contributed by atoms with Gasteiger partial charge in [0.05, 0.1) is 0 Å². The Bertz CT molecular complexity index is 502. The van der Waals surface area contributed by atoms with Crippen molar-refractivity contribution in [3.05, 3.63) is 35.5 Å². The molecule has 0 saturated heterocycles. The van der Waals surface area contributed by atoms with Crippen molar-refractivity contribution in [1.82, 2.24) is 4.98 Å². The van der Waals surface area contributed by atoms with Gasteiger partial charge in [-0.15, -0.1) is 0 Å². The zero-order valence-corrected chi connectivity index (χ0v) is 8.34. The molecule has 2 aromatic rings.